The molecule has 0 aromatic heterocycles. The molecule has 0 heterocycles. The maximum atomic E-state index is 12.7. The summed E-state index contributed by atoms with van der Waals surface area (Å²) < 4.78 is 33.8. The van der Waals surface area contributed by atoms with Gasteiger partial charge in [0.05, 0.1) is 27.7 Å². The Kier molecular flexibility index (Phi) is 49.2. The van der Waals surface area contributed by atoms with Crippen molar-refractivity contribution in [3.8, 4) is 0 Å². The van der Waals surface area contributed by atoms with Crippen LogP contribution in [-0.4, -0.2) is 70.0 Å². The number of nitrogens with zero attached hydrogens (tertiary/aromatic N) is 1. The molecule has 0 N–H and O–H groups in total. The van der Waals surface area contributed by atoms with E-state index < -0.39 is 26.5 Å². The second kappa shape index (κ2) is 50.0. The topological polar surface area (TPSA) is 111 Å². The minimum absolute atomic E-state index is 0.0263. The van der Waals surface area contributed by atoms with E-state index in [9.17, 15) is 19.0 Å². The van der Waals surface area contributed by atoms with Crippen LogP contribution in [0.15, 0.2) is 0 Å². The van der Waals surface area contributed by atoms with Crippen LogP contribution in [0.25, 0.3) is 0 Å². The van der Waals surface area contributed by atoms with Gasteiger partial charge in [0.15, 0.2) is 6.10 Å². The van der Waals surface area contributed by atoms with E-state index >= 15 is 0 Å². The Hall–Kier alpha value is -0.990. The van der Waals surface area contributed by atoms with Crippen molar-refractivity contribution in [3.63, 3.8) is 0 Å². The number of carbonyl (C=O) groups excluding carboxylic acids is 2. The van der Waals surface area contributed by atoms with Gasteiger partial charge in [-0.25, -0.2) is 0 Å². The molecular formula is C57H114NO8P. The van der Waals surface area contributed by atoms with E-state index in [1.165, 1.54) is 225 Å². The van der Waals surface area contributed by atoms with Crippen molar-refractivity contribution in [1.29, 1.82) is 0 Å². The van der Waals surface area contributed by atoms with Gasteiger partial charge in [-0.2, -0.15) is 0 Å². The van der Waals surface area contributed by atoms with Crippen LogP contribution >= 0.6 is 7.82 Å². The highest BCUT2D eigenvalue weighted by Crippen LogP contribution is 2.38. The van der Waals surface area contributed by atoms with E-state index in [0.717, 1.165) is 44.9 Å². The maximum Gasteiger partial charge on any atom is 0.306 e. The molecule has 0 saturated heterocycles. The third-order valence-corrected chi connectivity index (χ3v) is 14.3. The summed E-state index contributed by atoms with van der Waals surface area (Å²) in [6.45, 7) is 4.18. The summed E-state index contributed by atoms with van der Waals surface area (Å²) in [7, 11) is 1.18. The van der Waals surface area contributed by atoms with Crippen LogP contribution in [0.1, 0.15) is 303 Å². The minimum atomic E-state index is -4.61. The largest absolute Gasteiger partial charge is 0.756 e. The lowest BCUT2D eigenvalue weighted by Crippen LogP contribution is -2.37. The van der Waals surface area contributed by atoms with Crippen LogP contribution in [0.4, 0.5) is 0 Å². The van der Waals surface area contributed by atoms with Crippen molar-refractivity contribution < 1.29 is 42.1 Å². The lowest BCUT2D eigenvalue weighted by Gasteiger charge is -2.28. The fourth-order valence-electron chi connectivity index (χ4n) is 8.84. The van der Waals surface area contributed by atoms with Gasteiger partial charge in [-0.15, -0.1) is 0 Å². The van der Waals surface area contributed by atoms with E-state index in [1.54, 1.807) is 0 Å². The molecule has 0 aliphatic rings. The third kappa shape index (κ3) is 54.2. The molecule has 0 saturated carbocycles. The van der Waals surface area contributed by atoms with Crippen LogP contribution in [-0.2, 0) is 32.7 Å². The van der Waals surface area contributed by atoms with Gasteiger partial charge in [0.1, 0.15) is 19.8 Å². The van der Waals surface area contributed by atoms with Crippen molar-refractivity contribution in [2.45, 2.75) is 309 Å². The third-order valence-electron chi connectivity index (χ3n) is 13.4. The first-order valence-electron chi connectivity index (χ1n) is 29.2. The van der Waals surface area contributed by atoms with E-state index in [4.69, 9.17) is 18.5 Å². The van der Waals surface area contributed by atoms with Crippen LogP contribution < -0.4 is 4.89 Å². The summed E-state index contributed by atoms with van der Waals surface area (Å²) in [5.74, 6) is -0.832. The van der Waals surface area contributed by atoms with Crippen molar-refractivity contribution in [2.75, 3.05) is 47.5 Å². The minimum Gasteiger partial charge on any atom is -0.756 e. The van der Waals surface area contributed by atoms with Gasteiger partial charge in [-0.1, -0.05) is 277 Å². The molecule has 0 aromatic carbocycles. The van der Waals surface area contributed by atoms with Gasteiger partial charge in [-0.05, 0) is 12.8 Å². The predicted octanol–water partition coefficient (Wildman–Crippen LogP) is 17.2. The summed E-state index contributed by atoms with van der Waals surface area (Å²) in [5, 5.41) is 0. The molecule has 0 spiro atoms. The quantitative estimate of drug-likeness (QED) is 0.0256. The standard InChI is InChI=1S/C57H114NO8P/c1-6-8-10-12-13-14-15-16-17-18-19-20-21-22-23-24-25-26-27-28-29-30-31-32-33-34-35-36-37-38-39-40-41-42-43-44-46-48-50-57(60)66-55(53-63-56(59)49-47-45-11-9-7-2)54-65-67(61,62)64-52-51-58(3,4)5/h55H,6-54H2,1-5H3. The number of quaternary nitrogens is 1. The molecule has 0 bridgehead atoms. The van der Waals surface area contributed by atoms with Gasteiger partial charge in [0, 0.05) is 12.8 Å². The average Bonchev–Trinajstić information content (AvgIpc) is 3.29. The Morgan fingerprint density at radius 1 is 0.403 bits per heavy atom. The average molecular weight is 973 g/mol. The predicted molar refractivity (Wildman–Crippen MR) is 282 cm³/mol. The molecule has 0 aliphatic carbocycles. The highest BCUT2D eigenvalue weighted by molar-refractivity contribution is 7.45. The molecule has 2 atom stereocenters. The molecule has 0 aliphatic heterocycles. The zero-order valence-electron chi connectivity index (χ0n) is 45.4. The zero-order chi connectivity index (χ0) is 49.2. The van der Waals surface area contributed by atoms with Gasteiger partial charge >= 0.3 is 11.9 Å². The lowest BCUT2D eigenvalue weighted by molar-refractivity contribution is -0.870. The number of hydrogen-bond acceptors (Lipinski definition) is 8. The maximum absolute atomic E-state index is 12.7. The van der Waals surface area contributed by atoms with E-state index in [0.29, 0.717) is 17.4 Å². The van der Waals surface area contributed by atoms with Crippen molar-refractivity contribution in [3.05, 3.63) is 0 Å². The van der Waals surface area contributed by atoms with E-state index in [2.05, 4.69) is 13.8 Å². The molecule has 67 heavy (non-hydrogen) atoms. The Labute approximate surface area is 416 Å². The van der Waals surface area contributed by atoms with Crippen molar-refractivity contribution in [2.24, 2.45) is 0 Å². The number of phosphoric ester groups is 1. The highest BCUT2D eigenvalue weighted by atomic mass is 31.2. The first-order valence-corrected chi connectivity index (χ1v) is 30.7. The van der Waals surface area contributed by atoms with Gasteiger partial charge in [-0.3, -0.25) is 14.2 Å². The second-order valence-electron chi connectivity index (χ2n) is 21.4. The Morgan fingerprint density at radius 2 is 0.672 bits per heavy atom. The number of ether oxygens (including phenoxy) is 2. The molecule has 10 heteroatoms. The first kappa shape index (κ1) is 66.0. The summed E-state index contributed by atoms with van der Waals surface area (Å²) in [4.78, 5) is 37.3. The summed E-state index contributed by atoms with van der Waals surface area (Å²) in [6, 6.07) is 0. The molecule has 400 valence electrons. The Morgan fingerprint density at radius 3 is 0.955 bits per heavy atom. The molecule has 0 rings (SSSR count). The molecule has 0 radical (unpaired) electrons. The van der Waals surface area contributed by atoms with Crippen molar-refractivity contribution in [1.82, 2.24) is 0 Å². The van der Waals surface area contributed by atoms with E-state index in [1.807, 2.05) is 21.1 Å². The molecule has 0 fully saturated rings. The SMILES string of the molecule is CCCCCCCCCCCCCCCCCCCCCCCCCCCCCCCCCCCCCCCCC(=O)OC(COC(=O)CCCCCCC)COP(=O)([O-])OCC[N+](C)(C)C. The van der Waals surface area contributed by atoms with Gasteiger partial charge < -0.3 is 27.9 Å². The van der Waals surface area contributed by atoms with Gasteiger partial charge in [0.2, 0.25) is 0 Å². The van der Waals surface area contributed by atoms with Crippen LogP contribution in [0.2, 0.25) is 0 Å². The summed E-state index contributed by atoms with van der Waals surface area (Å²) >= 11 is 0. The molecule has 0 aromatic rings. The first-order chi connectivity index (χ1) is 32.5. The van der Waals surface area contributed by atoms with E-state index in [-0.39, 0.29) is 32.0 Å². The molecule has 0 amide bonds. The highest BCUT2D eigenvalue weighted by Gasteiger charge is 2.22. The fraction of sp³-hybridized carbons (Fsp3) is 0.965. The smallest absolute Gasteiger partial charge is 0.306 e. The Bertz CT molecular complexity index is 1100. The number of carbonyl (C=O) groups is 2. The molecule has 9 nitrogen and oxygen atoms in total. The number of rotatable bonds is 55. The van der Waals surface area contributed by atoms with Crippen molar-refractivity contribution >= 4 is 19.8 Å². The van der Waals surface area contributed by atoms with Crippen LogP contribution in [0, 0.1) is 0 Å². The summed E-state index contributed by atoms with van der Waals surface area (Å²) in [5.41, 5.74) is 0. The number of phosphoric acid groups is 1. The monoisotopic (exact) mass is 972 g/mol. The normalized spacial score (nSPS) is 13.2. The molecular weight excluding hydrogens is 858 g/mol. The summed E-state index contributed by atoms with van der Waals surface area (Å²) in [6.07, 6.45) is 56.9. The van der Waals surface area contributed by atoms with Crippen LogP contribution in [0.5, 0.6) is 0 Å². The second-order valence-corrected chi connectivity index (χ2v) is 22.8. The number of hydrogen-bond donors (Lipinski definition) is 0. The lowest BCUT2D eigenvalue weighted by atomic mass is 10.0. The molecule has 2 unspecified atom stereocenters. The number of unbranched alkanes of at least 4 members (excludes halogenated alkanes) is 41. The fourth-order valence-corrected chi connectivity index (χ4v) is 9.57. The van der Waals surface area contributed by atoms with Crippen LogP contribution in [0.3, 0.4) is 0 Å². The Balaban J connectivity index is 3.67. The zero-order valence-corrected chi connectivity index (χ0v) is 46.3. The van der Waals surface area contributed by atoms with Gasteiger partial charge in [0.25, 0.3) is 7.82 Å². The number of esters is 2. The number of likely N-dealkylation sites (N-methyl/N-ethyl adjacent to an activating group) is 1.